The fourth-order valence-corrected chi connectivity index (χ4v) is 4.60. The molecule has 3 heterocycles. The summed E-state index contributed by atoms with van der Waals surface area (Å²) in [4.78, 5) is 26.3. The van der Waals surface area contributed by atoms with Gasteiger partial charge in [0.05, 0.1) is 24.0 Å². The first-order valence-corrected chi connectivity index (χ1v) is 11.8. The standard InChI is InChI=1S/C26H27ClN6O2/c1-17-14-19(5-6-20(17)26(34)32-12-10-31(2)11-13-32)30-24-25-29-16-22(33(25)9-8-28-24)18-4-7-23(35-3)21(27)15-18/h4-9,14-16H,10-13H2,1-3H3,(H,28,30). The second kappa shape index (κ2) is 9.56. The fourth-order valence-electron chi connectivity index (χ4n) is 4.34. The first-order valence-electron chi connectivity index (χ1n) is 11.5. The number of aryl methyl sites for hydroxylation is 1. The molecular weight excluding hydrogens is 464 g/mol. The molecule has 9 heteroatoms. The Morgan fingerprint density at radius 1 is 1.09 bits per heavy atom. The van der Waals surface area contributed by atoms with Gasteiger partial charge in [-0.3, -0.25) is 9.20 Å². The Kier molecular flexibility index (Phi) is 6.32. The molecule has 8 nitrogen and oxygen atoms in total. The summed E-state index contributed by atoms with van der Waals surface area (Å²) in [5.74, 6) is 1.33. The molecule has 2 aromatic carbocycles. The molecule has 0 aliphatic carbocycles. The van der Waals surface area contributed by atoms with E-state index in [1.54, 1.807) is 19.5 Å². The number of piperazine rings is 1. The van der Waals surface area contributed by atoms with Gasteiger partial charge in [0.2, 0.25) is 0 Å². The molecule has 0 saturated carbocycles. The van der Waals surface area contributed by atoms with Gasteiger partial charge in [0.25, 0.3) is 5.91 Å². The van der Waals surface area contributed by atoms with Crippen LogP contribution in [0.5, 0.6) is 5.75 Å². The number of hydrogen-bond acceptors (Lipinski definition) is 6. The average molecular weight is 491 g/mol. The number of hydrogen-bond donors (Lipinski definition) is 1. The third-order valence-corrected chi connectivity index (χ3v) is 6.68. The molecule has 1 amide bonds. The maximum atomic E-state index is 13.0. The van der Waals surface area contributed by atoms with Gasteiger partial charge in [-0.2, -0.15) is 0 Å². The number of aromatic nitrogens is 3. The van der Waals surface area contributed by atoms with Crippen molar-refractivity contribution < 1.29 is 9.53 Å². The Bertz CT molecular complexity index is 1390. The van der Waals surface area contributed by atoms with Crippen molar-refractivity contribution in [2.75, 3.05) is 45.7 Å². The number of likely N-dealkylation sites (N-methyl/N-ethyl adjacent to an activating group) is 1. The van der Waals surface area contributed by atoms with Crippen LogP contribution >= 0.6 is 11.6 Å². The number of anilines is 2. The predicted octanol–water partition coefficient (Wildman–Crippen LogP) is 4.50. The van der Waals surface area contributed by atoms with E-state index in [9.17, 15) is 4.79 Å². The number of nitrogens with zero attached hydrogens (tertiary/aromatic N) is 5. The van der Waals surface area contributed by atoms with E-state index in [1.807, 2.05) is 58.8 Å². The van der Waals surface area contributed by atoms with E-state index < -0.39 is 0 Å². The van der Waals surface area contributed by atoms with E-state index in [0.29, 0.717) is 22.2 Å². The van der Waals surface area contributed by atoms with Gasteiger partial charge < -0.3 is 19.9 Å². The number of fused-ring (bicyclic) bond motifs is 1. The van der Waals surface area contributed by atoms with Crippen LogP contribution in [0.1, 0.15) is 15.9 Å². The van der Waals surface area contributed by atoms with Crippen LogP contribution in [-0.4, -0.2) is 70.4 Å². The molecule has 0 unspecified atom stereocenters. The van der Waals surface area contributed by atoms with E-state index in [2.05, 4.69) is 27.2 Å². The number of imidazole rings is 1. The molecule has 1 N–H and O–H groups in total. The number of methoxy groups -OCH3 is 1. The zero-order valence-corrected chi connectivity index (χ0v) is 20.7. The minimum atomic E-state index is 0.0819. The number of halogens is 1. The van der Waals surface area contributed by atoms with E-state index in [0.717, 1.165) is 54.3 Å². The molecule has 1 saturated heterocycles. The highest BCUT2D eigenvalue weighted by atomic mass is 35.5. The highest BCUT2D eigenvalue weighted by molar-refractivity contribution is 6.32. The van der Waals surface area contributed by atoms with Crippen molar-refractivity contribution in [1.29, 1.82) is 0 Å². The lowest BCUT2D eigenvalue weighted by Crippen LogP contribution is -2.47. The van der Waals surface area contributed by atoms with Crippen LogP contribution in [-0.2, 0) is 0 Å². The van der Waals surface area contributed by atoms with E-state index in [1.165, 1.54) is 0 Å². The summed E-state index contributed by atoms with van der Waals surface area (Å²) in [6, 6.07) is 11.4. The molecule has 1 aliphatic rings. The highest BCUT2D eigenvalue weighted by Gasteiger charge is 2.22. The molecule has 0 radical (unpaired) electrons. The fraction of sp³-hybridized carbons (Fsp3) is 0.269. The van der Waals surface area contributed by atoms with Crippen LogP contribution in [0.25, 0.3) is 16.9 Å². The van der Waals surface area contributed by atoms with Crippen LogP contribution in [0.3, 0.4) is 0 Å². The van der Waals surface area contributed by atoms with E-state index in [-0.39, 0.29) is 5.91 Å². The van der Waals surface area contributed by atoms with Crippen molar-refractivity contribution in [2.45, 2.75) is 6.92 Å². The number of carbonyl (C=O) groups is 1. The van der Waals surface area contributed by atoms with Gasteiger partial charge >= 0.3 is 0 Å². The molecule has 4 aromatic rings. The Morgan fingerprint density at radius 3 is 2.60 bits per heavy atom. The summed E-state index contributed by atoms with van der Waals surface area (Å²) < 4.78 is 7.23. The summed E-state index contributed by atoms with van der Waals surface area (Å²) in [5.41, 5.74) is 4.98. The lowest BCUT2D eigenvalue weighted by atomic mass is 10.1. The molecule has 5 rings (SSSR count). The lowest BCUT2D eigenvalue weighted by Gasteiger charge is -2.32. The average Bonchev–Trinajstić information content (AvgIpc) is 3.29. The zero-order valence-electron chi connectivity index (χ0n) is 20.0. The number of amides is 1. The number of benzene rings is 2. The number of nitrogens with one attached hydrogen (secondary N) is 1. The van der Waals surface area contributed by atoms with Crippen molar-refractivity contribution in [2.24, 2.45) is 0 Å². The molecule has 0 spiro atoms. The van der Waals surface area contributed by atoms with Crippen molar-refractivity contribution in [3.8, 4) is 17.0 Å². The highest BCUT2D eigenvalue weighted by Crippen LogP contribution is 2.31. The molecule has 2 aromatic heterocycles. The third kappa shape index (κ3) is 4.54. The molecule has 180 valence electrons. The van der Waals surface area contributed by atoms with Gasteiger partial charge in [0.1, 0.15) is 5.75 Å². The van der Waals surface area contributed by atoms with Gasteiger partial charge in [-0.15, -0.1) is 0 Å². The number of rotatable bonds is 5. The minimum absolute atomic E-state index is 0.0819. The largest absolute Gasteiger partial charge is 0.495 e. The first kappa shape index (κ1) is 23.1. The summed E-state index contributed by atoms with van der Waals surface area (Å²) in [6.45, 7) is 5.26. The molecule has 0 atom stereocenters. The number of ether oxygens (including phenoxy) is 1. The maximum absolute atomic E-state index is 13.0. The Labute approximate surface area is 209 Å². The Morgan fingerprint density at radius 2 is 1.89 bits per heavy atom. The lowest BCUT2D eigenvalue weighted by molar-refractivity contribution is 0.0663. The van der Waals surface area contributed by atoms with Crippen molar-refractivity contribution in [1.82, 2.24) is 24.2 Å². The maximum Gasteiger partial charge on any atom is 0.254 e. The number of carbonyl (C=O) groups excluding carboxylic acids is 1. The van der Waals surface area contributed by atoms with Crippen molar-refractivity contribution in [3.05, 3.63) is 71.1 Å². The topological polar surface area (TPSA) is 75.0 Å². The summed E-state index contributed by atoms with van der Waals surface area (Å²) in [6.07, 6.45) is 5.39. The predicted molar refractivity (Wildman–Crippen MR) is 138 cm³/mol. The summed E-state index contributed by atoms with van der Waals surface area (Å²) in [5, 5.41) is 3.90. The van der Waals surface area contributed by atoms with Gasteiger partial charge in [-0.1, -0.05) is 11.6 Å². The van der Waals surface area contributed by atoms with Gasteiger partial charge in [-0.05, 0) is 55.9 Å². The zero-order chi connectivity index (χ0) is 24.5. The Balaban J connectivity index is 1.40. The quantitative estimate of drug-likeness (QED) is 0.444. The normalized spacial score (nSPS) is 14.3. The second-order valence-electron chi connectivity index (χ2n) is 8.71. The van der Waals surface area contributed by atoms with Crippen LogP contribution in [0, 0.1) is 6.92 Å². The molecule has 1 aliphatic heterocycles. The van der Waals surface area contributed by atoms with Crippen molar-refractivity contribution in [3.63, 3.8) is 0 Å². The Hall–Kier alpha value is -3.62. The summed E-state index contributed by atoms with van der Waals surface area (Å²) in [7, 11) is 3.67. The van der Waals surface area contributed by atoms with E-state index >= 15 is 0 Å². The van der Waals surface area contributed by atoms with Crippen LogP contribution in [0.15, 0.2) is 55.0 Å². The summed E-state index contributed by atoms with van der Waals surface area (Å²) >= 11 is 6.33. The monoisotopic (exact) mass is 490 g/mol. The van der Waals surface area contributed by atoms with Crippen LogP contribution in [0.4, 0.5) is 11.5 Å². The minimum Gasteiger partial charge on any atom is -0.495 e. The van der Waals surface area contributed by atoms with Gasteiger partial charge in [0, 0.05) is 55.4 Å². The smallest absolute Gasteiger partial charge is 0.254 e. The van der Waals surface area contributed by atoms with Crippen molar-refractivity contribution >= 4 is 34.7 Å². The molecule has 35 heavy (non-hydrogen) atoms. The third-order valence-electron chi connectivity index (χ3n) is 6.39. The second-order valence-corrected chi connectivity index (χ2v) is 9.12. The van der Waals surface area contributed by atoms with Crippen LogP contribution in [0.2, 0.25) is 5.02 Å². The molecule has 0 bridgehead atoms. The first-order chi connectivity index (χ1) is 16.9. The van der Waals surface area contributed by atoms with E-state index in [4.69, 9.17) is 16.3 Å². The molecule has 1 fully saturated rings. The van der Waals surface area contributed by atoms with Crippen LogP contribution < -0.4 is 10.1 Å². The van der Waals surface area contributed by atoms with Gasteiger partial charge in [0.15, 0.2) is 11.5 Å². The SMILES string of the molecule is COc1ccc(-c2cnc3c(Nc4ccc(C(=O)N5CCN(C)CC5)c(C)c4)nccn23)cc1Cl. The molecular formula is C26H27ClN6O2. The van der Waals surface area contributed by atoms with Gasteiger partial charge in [-0.25, -0.2) is 9.97 Å².